The molecule has 0 unspecified atom stereocenters. The van der Waals surface area contributed by atoms with Gasteiger partial charge in [-0.3, -0.25) is 15.1 Å². The number of nitrogens with zero attached hydrogens (tertiary/aromatic N) is 2. The Bertz CT molecular complexity index is 330. The summed E-state index contributed by atoms with van der Waals surface area (Å²) in [5.74, 6) is 0.0854. The summed E-state index contributed by atoms with van der Waals surface area (Å²) >= 11 is 0. The Kier molecular flexibility index (Phi) is 19.3. The summed E-state index contributed by atoms with van der Waals surface area (Å²) in [5, 5.41) is 19.1. The zero-order chi connectivity index (χ0) is 15.8. The highest BCUT2D eigenvalue weighted by Gasteiger charge is 2.15. The highest BCUT2D eigenvalue weighted by Crippen LogP contribution is 2.25. The molecule has 1 N–H and O–H groups in total. The van der Waals surface area contributed by atoms with Gasteiger partial charge < -0.3 is 9.84 Å². The maximum atomic E-state index is 10.5. The topological polar surface area (TPSA) is 85.5 Å². The van der Waals surface area contributed by atoms with Crippen molar-refractivity contribution in [2.24, 2.45) is 0 Å². The van der Waals surface area contributed by atoms with Gasteiger partial charge in [-0.05, 0) is 0 Å². The largest absolute Gasteiger partial charge is 0.489 e. The Morgan fingerprint density at radius 3 is 2.05 bits per heavy atom. The van der Waals surface area contributed by atoms with E-state index in [0.29, 0.717) is 0 Å². The third kappa shape index (κ3) is 8.96. The highest BCUT2D eigenvalue weighted by molar-refractivity contribution is 5.45. The van der Waals surface area contributed by atoms with Crippen LogP contribution in [0.3, 0.4) is 0 Å². The van der Waals surface area contributed by atoms with E-state index in [-0.39, 0.29) is 23.7 Å². The molecule has 6 heteroatoms. The third-order valence-electron chi connectivity index (χ3n) is 1.48. The van der Waals surface area contributed by atoms with Gasteiger partial charge >= 0.3 is 5.69 Å². The van der Waals surface area contributed by atoms with E-state index in [1.807, 2.05) is 41.5 Å². The first-order valence-electron chi connectivity index (χ1n) is 6.47. The second-order valence-electron chi connectivity index (χ2n) is 2.26. The number of rotatable bonds is 3. The predicted molar refractivity (Wildman–Crippen MR) is 77.4 cm³/mol. The van der Waals surface area contributed by atoms with Gasteiger partial charge in [0.15, 0.2) is 0 Å². The standard InChI is InChI=1S/C7H8N2O4.3C2H6/c1-13-7-3-8-5(4-10)2-6(7)9(11)12;3*1-2/h2-3,10H,4H2,1H3;3*1-2H3. The fourth-order valence-electron chi connectivity index (χ4n) is 0.860. The van der Waals surface area contributed by atoms with Crippen molar-refractivity contribution in [3.8, 4) is 5.75 Å². The minimum absolute atomic E-state index is 0.0854. The molecule has 112 valence electrons. The average Bonchev–Trinajstić information content (AvgIpc) is 2.52. The average molecular weight is 274 g/mol. The van der Waals surface area contributed by atoms with Gasteiger partial charge in [0.1, 0.15) is 0 Å². The first kappa shape index (κ1) is 22.5. The van der Waals surface area contributed by atoms with E-state index in [1.54, 1.807) is 0 Å². The number of nitro groups is 1. The van der Waals surface area contributed by atoms with Crippen LogP contribution in [0.25, 0.3) is 0 Å². The maximum Gasteiger partial charge on any atom is 0.314 e. The Morgan fingerprint density at radius 2 is 1.74 bits per heavy atom. The summed E-state index contributed by atoms with van der Waals surface area (Å²) in [4.78, 5) is 13.6. The molecule has 0 saturated heterocycles. The number of aromatic nitrogens is 1. The Balaban J connectivity index is -0.000000375. The van der Waals surface area contributed by atoms with Gasteiger partial charge in [0.2, 0.25) is 5.75 Å². The van der Waals surface area contributed by atoms with Crippen molar-refractivity contribution in [3.63, 3.8) is 0 Å². The molecule has 0 aliphatic rings. The van der Waals surface area contributed by atoms with Gasteiger partial charge in [-0.15, -0.1) is 0 Å². The number of ether oxygens (including phenoxy) is 1. The normalized spacial score (nSPS) is 7.58. The van der Waals surface area contributed by atoms with Gasteiger partial charge in [0.25, 0.3) is 0 Å². The zero-order valence-electron chi connectivity index (χ0n) is 12.9. The summed E-state index contributed by atoms with van der Waals surface area (Å²) in [5.41, 5.74) is 0.0500. The summed E-state index contributed by atoms with van der Waals surface area (Å²) in [6, 6.07) is 1.18. The Morgan fingerprint density at radius 1 is 1.26 bits per heavy atom. The summed E-state index contributed by atoms with van der Waals surface area (Å²) in [7, 11) is 1.32. The lowest BCUT2D eigenvalue weighted by atomic mass is 10.3. The predicted octanol–water partition coefficient (Wildman–Crippen LogP) is 3.57. The molecule has 0 saturated carbocycles. The van der Waals surface area contributed by atoms with E-state index in [4.69, 9.17) is 9.84 Å². The molecular weight excluding hydrogens is 248 g/mol. The van der Waals surface area contributed by atoms with Gasteiger partial charge in [-0.1, -0.05) is 41.5 Å². The molecule has 0 aromatic carbocycles. The zero-order valence-corrected chi connectivity index (χ0v) is 12.9. The van der Waals surface area contributed by atoms with E-state index in [0.717, 1.165) is 0 Å². The fourth-order valence-corrected chi connectivity index (χ4v) is 0.860. The Hall–Kier alpha value is -1.69. The van der Waals surface area contributed by atoms with Crippen molar-refractivity contribution in [1.29, 1.82) is 0 Å². The molecule has 0 aliphatic carbocycles. The first-order valence-corrected chi connectivity index (χ1v) is 6.47. The molecule has 0 radical (unpaired) electrons. The molecule has 6 nitrogen and oxygen atoms in total. The Labute approximate surface area is 115 Å². The van der Waals surface area contributed by atoms with E-state index < -0.39 is 4.92 Å². The van der Waals surface area contributed by atoms with Crippen molar-refractivity contribution in [2.45, 2.75) is 48.1 Å². The van der Waals surface area contributed by atoms with Crippen molar-refractivity contribution in [3.05, 3.63) is 28.1 Å². The number of aliphatic hydroxyl groups excluding tert-OH is 1. The molecule has 19 heavy (non-hydrogen) atoms. The van der Waals surface area contributed by atoms with Crippen LogP contribution in [0.2, 0.25) is 0 Å². The van der Waals surface area contributed by atoms with Gasteiger partial charge in [0, 0.05) is 6.07 Å². The molecular formula is C13H26N2O4. The number of pyridine rings is 1. The minimum atomic E-state index is -0.584. The second-order valence-corrected chi connectivity index (χ2v) is 2.26. The molecule has 0 bridgehead atoms. The van der Waals surface area contributed by atoms with Crippen LogP contribution >= 0.6 is 0 Å². The molecule has 1 heterocycles. The summed E-state index contributed by atoms with van der Waals surface area (Å²) in [6.45, 7) is 11.7. The maximum absolute atomic E-state index is 10.5. The van der Waals surface area contributed by atoms with Gasteiger partial charge in [-0.25, -0.2) is 0 Å². The number of methoxy groups -OCH3 is 1. The molecule has 0 spiro atoms. The van der Waals surface area contributed by atoms with Crippen LogP contribution in [0.4, 0.5) is 5.69 Å². The van der Waals surface area contributed by atoms with Crippen LogP contribution in [0.5, 0.6) is 5.75 Å². The van der Waals surface area contributed by atoms with Crippen molar-refractivity contribution in [1.82, 2.24) is 4.98 Å². The second kappa shape index (κ2) is 16.3. The number of hydrogen-bond acceptors (Lipinski definition) is 5. The van der Waals surface area contributed by atoms with Crippen LogP contribution in [0.1, 0.15) is 47.2 Å². The molecule has 1 aromatic rings. The lowest BCUT2D eigenvalue weighted by Gasteiger charge is -2.01. The van der Waals surface area contributed by atoms with Crippen molar-refractivity contribution >= 4 is 5.69 Å². The molecule has 1 aromatic heterocycles. The molecule has 0 aliphatic heterocycles. The lowest BCUT2D eigenvalue weighted by Crippen LogP contribution is -1.97. The fraction of sp³-hybridized carbons (Fsp3) is 0.615. The molecule has 1 rings (SSSR count). The molecule has 0 fully saturated rings. The number of hydrogen-bond donors (Lipinski definition) is 1. The van der Waals surface area contributed by atoms with Crippen LogP contribution < -0.4 is 4.74 Å². The van der Waals surface area contributed by atoms with Crippen molar-refractivity contribution < 1.29 is 14.8 Å². The van der Waals surface area contributed by atoms with E-state index in [2.05, 4.69) is 4.98 Å². The van der Waals surface area contributed by atoms with Crippen LogP contribution in [0.15, 0.2) is 12.3 Å². The van der Waals surface area contributed by atoms with E-state index in [9.17, 15) is 10.1 Å². The third-order valence-corrected chi connectivity index (χ3v) is 1.48. The van der Waals surface area contributed by atoms with Crippen LogP contribution in [0, 0.1) is 10.1 Å². The molecule has 0 atom stereocenters. The SMILES string of the molecule is CC.CC.CC.COc1cnc(CO)cc1[N+](=O)[O-]. The lowest BCUT2D eigenvalue weighted by molar-refractivity contribution is -0.385. The van der Waals surface area contributed by atoms with E-state index >= 15 is 0 Å². The van der Waals surface area contributed by atoms with Crippen molar-refractivity contribution in [2.75, 3.05) is 7.11 Å². The summed E-state index contributed by atoms with van der Waals surface area (Å²) in [6.07, 6.45) is 1.21. The molecule has 0 amide bonds. The highest BCUT2D eigenvalue weighted by atomic mass is 16.6. The number of aliphatic hydroxyl groups is 1. The van der Waals surface area contributed by atoms with Crippen LogP contribution in [-0.2, 0) is 6.61 Å². The minimum Gasteiger partial charge on any atom is -0.489 e. The monoisotopic (exact) mass is 274 g/mol. The quantitative estimate of drug-likeness (QED) is 0.672. The first-order chi connectivity index (χ1) is 9.19. The summed E-state index contributed by atoms with van der Waals surface area (Å²) < 4.78 is 4.72. The van der Waals surface area contributed by atoms with Gasteiger partial charge in [0.05, 0.1) is 30.5 Å². The smallest absolute Gasteiger partial charge is 0.314 e. The van der Waals surface area contributed by atoms with Crippen LogP contribution in [-0.4, -0.2) is 22.1 Å². The van der Waals surface area contributed by atoms with Gasteiger partial charge in [-0.2, -0.15) is 0 Å². The van der Waals surface area contributed by atoms with E-state index in [1.165, 1.54) is 19.4 Å².